The molecule has 0 fully saturated rings. The largest absolute Gasteiger partial charge is 0.397 e. The molecule has 2 nitrogen and oxygen atoms in total. The summed E-state index contributed by atoms with van der Waals surface area (Å²) in [7, 11) is 0. The second-order valence-corrected chi connectivity index (χ2v) is 4.72. The molecule has 0 heterocycles. The van der Waals surface area contributed by atoms with E-state index in [0.717, 1.165) is 0 Å². The zero-order valence-electron chi connectivity index (χ0n) is 9.90. The van der Waals surface area contributed by atoms with Crippen molar-refractivity contribution in [3.05, 3.63) is 69.9 Å². The lowest BCUT2D eigenvalue weighted by atomic mass is 10.0. The third-order valence-electron chi connectivity index (χ3n) is 2.69. The van der Waals surface area contributed by atoms with Gasteiger partial charge in [0.1, 0.15) is 11.9 Å². The Bertz CT molecular complexity index is 672. The van der Waals surface area contributed by atoms with Gasteiger partial charge >= 0.3 is 0 Å². The number of rotatable bonds is 2. The molecule has 0 aliphatic heterocycles. The summed E-state index contributed by atoms with van der Waals surface area (Å²) in [6.07, 6.45) is 0. The van der Waals surface area contributed by atoms with Gasteiger partial charge in [-0.3, -0.25) is 0 Å². The molecule has 0 aliphatic rings. The highest BCUT2D eigenvalue weighted by Gasteiger charge is 2.13. The lowest BCUT2D eigenvalue weighted by Crippen LogP contribution is -2.03. The summed E-state index contributed by atoms with van der Waals surface area (Å²) in [6.45, 7) is 0. The molecule has 0 aromatic heterocycles. The highest BCUT2D eigenvalue weighted by Crippen LogP contribution is 2.27. The third kappa shape index (κ3) is 2.67. The van der Waals surface area contributed by atoms with Crippen LogP contribution in [0.4, 0.5) is 4.39 Å². The Hall–Kier alpha value is -2.12. The number of hydrogen-bond acceptors (Lipinski definition) is 2. The minimum atomic E-state index is -0.469. The van der Waals surface area contributed by atoms with Gasteiger partial charge in [-0.25, -0.2) is 4.39 Å². The summed E-state index contributed by atoms with van der Waals surface area (Å²) >= 11 is 3.11. The lowest BCUT2D eigenvalue weighted by Gasteiger charge is -2.08. The van der Waals surface area contributed by atoms with E-state index in [-0.39, 0.29) is 16.8 Å². The van der Waals surface area contributed by atoms with Crippen LogP contribution in [0, 0.1) is 17.1 Å². The van der Waals surface area contributed by atoms with Crippen LogP contribution in [0.5, 0.6) is 0 Å². The van der Waals surface area contributed by atoms with Crippen molar-refractivity contribution >= 4 is 27.2 Å². The molecule has 4 heteroatoms. The van der Waals surface area contributed by atoms with E-state index in [2.05, 4.69) is 15.9 Å². The van der Waals surface area contributed by atoms with Crippen LogP contribution in [0.2, 0.25) is 0 Å². The van der Waals surface area contributed by atoms with E-state index in [1.54, 1.807) is 42.5 Å². The van der Waals surface area contributed by atoms with E-state index in [9.17, 15) is 9.65 Å². The molecule has 2 rings (SSSR count). The van der Waals surface area contributed by atoms with Gasteiger partial charge in [0.15, 0.2) is 0 Å². The van der Waals surface area contributed by atoms with Crippen molar-refractivity contribution in [3.63, 3.8) is 0 Å². The van der Waals surface area contributed by atoms with Crippen molar-refractivity contribution in [3.8, 4) is 6.07 Å². The molecule has 0 atom stereocenters. The lowest BCUT2D eigenvalue weighted by molar-refractivity contribution is 0.617. The van der Waals surface area contributed by atoms with Crippen LogP contribution < -0.4 is 5.73 Å². The van der Waals surface area contributed by atoms with Crippen molar-refractivity contribution in [1.82, 2.24) is 0 Å². The number of nitrogens with zero attached hydrogens (tertiary/aromatic N) is 1. The van der Waals surface area contributed by atoms with Crippen LogP contribution in [-0.4, -0.2) is 0 Å². The third-order valence-corrected chi connectivity index (χ3v) is 3.30. The number of nitriles is 1. The van der Waals surface area contributed by atoms with E-state index in [1.807, 2.05) is 12.1 Å². The zero-order chi connectivity index (χ0) is 13.8. The Kier molecular flexibility index (Phi) is 3.98. The molecule has 0 aliphatic carbocycles. The van der Waals surface area contributed by atoms with Gasteiger partial charge in [0.05, 0.1) is 15.7 Å². The average Bonchev–Trinajstić information content (AvgIpc) is 2.44. The van der Waals surface area contributed by atoms with E-state index < -0.39 is 5.82 Å². The van der Waals surface area contributed by atoms with Crippen molar-refractivity contribution in [2.24, 2.45) is 5.73 Å². The maximum atomic E-state index is 14.0. The quantitative estimate of drug-likeness (QED) is 0.674. The fourth-order valence-corrected chi connectivity index (χ4v) is 2.10. The molecule has 0 spiro atoms. The summed E-state index contributed by atoms with van der Waals surface area (Å²) in [5, 5.41) is 9.25. The van der Waals surface area contributed by atoms with E-state index >= 15 is 0 Å². The molecule has 0 saturated heterocycles. The molecule has 19 heavy (non-hydrogen) atoms. The predicted molar refractivity (Wildman–Crippen MR) is 77.2 cm³/mol. The van der Waals surface area contributed by atoms with Crippen LogP contribution in [0.15, 0.2) is 53.0 Å². The molecule has 2 N–H and O–H groups in total. The topological polar surface area (TPSA) is 49.8 Å². The maximum Gasteiger partial charge on any atom is 0.146 e. The Morgan fingerprint density at radius 1 is 1.11 bits per heavy atom. The van der Waals surface area contributed by atoms with Gasteiger partial charge in [0, 0.05) is 5.56 Å². The second-order valence-electron chi connectivity index (χ2n) is 3.87. The standard InChI is InChI=1S/C15H10BrFN2/c16-13-8-4-7-11(14(13)17)15(19)12(9-18)10-5-2-1-3-6-10/h1-8H,19H2/b15-12-. The van der Waals surface area contributed by atoms with Gasteiger partial charge in [-0.1, -0.05) is 36.4 Å². The van der Waals surface area contributed by atoms with Crippen molar-refractivity contribution < 1.29 is 4.39 Å². The highest BCUT2D eigenvalue weighted by atomic mass is 79.9. The summed E-state index contributed by atoms with van der Waals surface area (Å²) in [5.41, 5.74) is 7.23. The monoisotopic (exact) mass is 316 g/mol. The number of allylic oxidation sites excluding steroid dienone is 1. The van der Waals surface area contributed by atoms with Gasteiger partial charge in [0.2, 0.25) is 0 Å². The van der Waals surface area contributed by atoms with Gasteiger partial charge < -0.3 is 5.73 Å². The zero-order valence-corrected chi connectivity index (χ0v) is 11.5. The van der Waals surface area contributed by atoms with Gasteiger partial charge in [0.25, 0.3) is 0 Å². The Labute approximate surface area is 119 Å². The van der Waals surface area contributed by atoms with Gasteiger partial charge in [-0.05, 0) is 33.6 Å². The fourth-order valence-electron chi connectivity index (χ4n) is 1.73. The molecule has 0 radical (unpaired) electrons. The molecule has 0 bridgehead atoms. The van der Waals surface area contributed by atoms with Crippen LogP contribution >= 0.6 is 15.9 Å². The first-order chi connectivity index (χ1) is 9.15. The van der Waals surface area contributed by atoms with Gasteiger partial charge in [-0.2, -0.15) is 5.26 Å². The highest BCUT2D eigenvalue weighted by molar-refractivity contribution is 9.10. The summed E-state index contributed by atoms with van der Waals surface area (Å²) in [5.74, 6) is -0.469. The van der Waals surface area contributed by atoms with Crippen molar-refractivity contribution in [2.45, 2.75) is 0 Å². The first-order valence-corrected chi connectivity index (χ1v) is 6.34. The molecular weight excluding hydrogens is 307 g/mol. The van der Waals surface area contributed by atoms with Crippen molar-refractivity contribution in [1.29, 1.82) is 5.26 Å². The summed E-state index contributed by atoms with van der Waals surface area (Å²) < 4.78 is 14.3. The molecule has 0 amide bonds. The summed E-state index contributed by atoms with van der Waals surface area (Å²) in [4.78, 5) is 0. The van der Waals surface area contributed by atoms with E-state index in [0.29, 0.717) is 10.0 Å². The fraction of sp³-hybridized carbons (Fsp3) is 0. The van der Waals surface area contributed by atoms with Crippen LogP contribution in [0.1, 0.15) is 11.1 Å². The Balaban J connectivity index is 2.63. The van der Waals surface area contributed by atoms with Gasteiger partial charge in [-0.15, -0.1) is 0 Å². The first-order valence-electron chi connectivity index (χ1n) is 5.54. The normalized spacial score (nSPS) is 11.6. The minimum absolute atomic E-state index is 0.132. The molecule has 94 valence electrons. The maximum absolute atomic E-state index is 14.0. The Morgan fingerprint density at radius 3 is 2.42 bits per heavy atom. The van der Waals surface area contributed by atoms with E-state index in [4.69, 9.17) is 5.73 Å². The Morgan fingerprint density at radius 2 is 1.79 bits per heavy atom. The van der Waals surface area contributed by atoms with Crippen LogP contribution in [-0.2, 0) is 0 Å². The number of halogens is 2. The smallest absolute Gasteiger partial charge is 0.146 e. The van der Waals surface area contributed by atoms with Crippen LogP contribution in [0.3, 0.4) is 0 Å². The van der Waals surface area contributed by atoms with Crippen molar-refractivity contribution in [2.75, 3.05) is 0 Å². The number of benzene rings is 2. The predicted octanol–water partition coefficient (Wildman–Crippen LogP) is 3.94. The summed E-state index contributed by atoms with van der Waals surface area (Å²) in [6, 6.07) is 15.8. The first kappa shape index (κ1) is 13.3. The number of hydrogen-bond donors (Lipinski definition) is 1. The molecule has 2 aromatic carbocycles. The molecule has 2 aromatic rings. The van der Waals surface area contributed by atoms with E-state index in [1.165, 1.54) is 0 Å². The number of nitrogens with two attached hydrogens (primary N) is 1. The molecule has 0 saturated carbocycles. The molecular formula is C15H10BrFN2. The molecule has 0 unspecified atom stereocenters. The second kappa shape index (κ2) is 5.68. The van der Waals surface area contributed by atoms with Crippen LogP contribution in [0.25, 0.3) is 11.3 Å². The average molecular weight is 317 g/mol. The minimum Gasteiger partial charge on any atom is -0.397 e. The SMILES string of the molecule is N#C/C(=C(/N)c1cccc(Br)c1F)c1ccccc1.